The number of carbonyl (C=O) groups is 2. The molecule has 2 aromatic carbocycles. The molecule has 1 aromatic heterocycles. The van der Waals surface area contributed by atoms with Gasteiger partial charge in [-0.1, -0.05) is 35.9 Å². The summed E-state index contributed by atoms with van der Waals surface area (Å²) in [5.74, 6) is -0.487. The number of nitrogens with zero attached hydrogens (tertiary/aromatic N) is 1. The van der Waals surface area contributed by atoms with Crippen molar-refractivity contribution in [2.75, 3.05) is 6.54 Å². The summed E-state index contributed by atoms with van der Waals surface area (Å²) in [5, 5.41) is 4.49. The minimum atomic E-state index is -0.463. The van der Waals surface area contributed by atoms with E-state index in [0.717, 1.165) is 21.1 Å². The van der Waals surface area contributed by atoms with Crippen molar-refractivity contribution in [1.82, 2.24) is 10.3 Å². The van der Waals surface area contributed by atoms with Crippen LogP contribution in [0.1, 0.15) is 27.9 Å². The normalized spacial score (nSPS) is 10.5. The predicted octanol–water partition coefficient (Wildman–Crippen LogP) is 4.67. The van der Waals surface area contributed by atoms with E-state index >= 15 is 0 Å². The smallest absolute Gasteiger partial charge is 0.308 e. The van der Waals surface area contributed by atoms with Gasteiger partial charge in [-0.05, 0) is 31.2 Å². The summed E-state index contributed by atoms with van der Waals surface area (Å²) in [7, 11) is 0. The average Bonchev–Trinajstić information content (AvgIpc) is 3.03. The topological polar surface area (TPSA) is 68.3 Å². The van der Waals surface area contributed by atoms with E-state index in [4.69, 9.17) is 16.3 Å². The van der Waals surface area contributed by atoms with Gasteiger partial charge in [-0.25, -0.2) is 4.98 Å². The van der Waals surface area contributed by atoms with Crippen LogP contribution in [-0.2, 0) is 11.2 Å². The Bertz CT molecular complexity index is 999. The lowest BCUT2D eigenvalue weighted by atomic mass is 10.2. The molecule has 1 heterocycles. The second-order valence-electron chi connectivity index (χ2n) is 6.13. The second kappa shape index (κ2) is 8.99. The number of para-hydroxylation sites is 1. The molecular formula is C21H19ClN2O3S. The Morgan fingerprint density at radius 2 is 1.86 bits per heavy atom. The average molecular weight is 415 g/mol. The maximum absolute atomic E-state index is 12.5. The van der Waals surface area contributed by atoms with Gasteiger partial charge in [0.2, 0.25) is 0 Å². The summed E-state index contributed by atoms with van der Waals surface area (Å²) in [5.41, 5.74) is 2.30. The lowest BCUT2D eigenvalue weighted by molar-refractivity contribution is -0.131. The first-order chi connectivity index (χ1) is 13.4. The van der Waals surface area contributed by atoms with Gasteiger partial charge in [0.05, 0.1) is 11.3 Å². The van der Waals surface area contributed by atoms with E-state index in [1.54, 1.807) is 35.6 Å². The number of thiazole rings is 1. The molecule has 7 heteroatoms. The highest BCUT2D eigenvalue weighted by Crippen LogP contribution is 2.29. The second-order valence-corrected chi connectivity index (χ2v) is 7.65. The van der Waals surface area contributed by atoms with Gasteiger partial charge in [-0.2, -0.15) is 0 Å². The molecule has 0 fully saturated rings. The molecule has 0 aliphatic rings. The van der Waals surface area contributed by atoms with Gasteiger partial charge in [0.25, 0.3) is 5.91 Å². The third-order valence-electron chi connectivity index (χ3n) is 4.01. The molecule has 28 heavy (non-hydrogen) atoms. The fourth-order valence-electron chi connectivity index (χ4n) is 2.66. The lowest BCUT2D eigenvalue weighted by Gasteiger charge is -2.09. The lowest BCUT2D eigenvalue weighted by Crippen LogP contribution is -2.26. The van der Waals surface area contributed by atoms with Crippen molar-refractivity contribution in [3.05, 3.63) is 69.7 Å². The molecule has 0 aliphatic carbocycles. The maximum Gasteiger partial charge on any atom is 0.308 e. The highest BCUT2D eigenvalue weighted by Gasteiger charge is 2.14. The van der Waals surface area contributed by atoms with Gasteiger partial charge in [0, 0.05) is 35.4 Å². The van der Waals surface area contributed by atoms with E-state index in [2.05, 4.69) is 10.3 Å². The number of amides is 1. The zero-order valence-electron chi connectivity index (χ0n) is 15.5. The van der Waals surface area contributed by atoms with Crippen molar-refractivity contribution in [2.45, 2.75) is 20.3 Å². The van der Waals surface area contributed by atoms with Crippen molar-refractivity contribution in [1.29, 1.82) is 0 Å². The highest BCUT2D eigenvalue weighted by molar-refractivity contribution is 7.15. The summed E-state index contributed by atoms with van der Waals surface area (Å²) < 4.78 is 5.09. The van der Waals surface area contributed by atoms with Gasteiger partial charge in [0.1, 0.15) is 10.8 Å². The van der Waals surface area contributed by atoms with Crippen LogP contribution >= 0.6 is 22.9 Å². The van der Waals surface area contributed by atoms with Crippen molar-refractivity contribution in [2.24, 2.45) is 0 Å². The molecule has 0 unspecified atom stereocenters. The fourth-order valence-corrected chi connectivity index (χ4v) is 3.85. The molecule has 0 radical (unpaired) electrons. The number of benzene rings is 2. The molecule has 0 spiro atoms. The van der Waals surface area contributed by atoms with Crippen LogP contribution in [0.25, 0.3) is 10.6 Å². The van der Waals surface area contributed by atoms with Gasteiger partial charge in [-0.3, -0.25) is 9.59 Å². The molecule has 3 aromatic rings. The predicted molar refractivity (Wildman–Crippen MR) is 111 cm³/mol. The molecule has 1 N–H and O–H groups in total. The van der Waals surface area contributed by atoms with Crippen LogP contribution in [0.2, 0.25) is 5.02 Å². The fraction of sp³-hybridized carbons (Fsp3) is 0.190. The van der Waals surface area contributed by atoms with Crippen molar-refractivity contribution < 1.29 is 14.3 Å². The van der Waals surface area contributed by atoms with Crippen LogP contribution in [0, 0.1) is 6.92 Å². The largest absolute Gasteiger partial charge is 0.426 e. The molecule has 0 aliphatic heterocycles. The Morgan fingerprint density at radius 3 is 2.57 bits per heavy atom. The van der Waals surface area contributed by atoms with E-state index in [9.17, 15) is 9.59 Å². The molecule has 0 bridgehead atoms. The number of rotatable bonds is 6. The van der Waals surface area contributed by atoms with E-state index < -0.39 is 5.97 Å². The van der Waals surface area contributed by atoms with Crippen LogP contribution in [0.5, 0.6) is 5.75 Å². The first-order valence-corrected chi connectivity index (χ1v) is 9.91. The van der Waals surface area contributed by atoms with Crippen LogP contribution < -0.4 is 10.1 Å². The number of halogens is 1. The van der Waals surface area contributed by atoms with E-state index in [1.807, 2.05) is 31.2 Å². The van der Waals surface area contributed by atoms with Gasteiger partial charge in [0.15, 0.2) is 0 Å². The number of aryl methyl sites for hydroxylation is 1. The van der Waals surface area contributed by atoms with Crippen molar-refractivity contribution in [3.8, 4) is 16.3 Å². The van der Waals surface area contributed by atoms with Crippen molar-refractivity contribution >= 4 is 34.8 Å². The maximum atomic E-state index is 12.5. The summed E-state index contributed by atoms with van der Waals surface area (Å²) in [4.78, 5) is 29.4. The molecule has 3 rings (SSSR count). The highest BCUT2D eigenvalue weighted by atomic mass is 35.5. The Hall–Kier alpha value is -2.70. The zero-order valence-corrected chi connectivity index (χ0v) is 17.1. The summed E-state index contributed by atoms with van der Waals surface area (Å²) in [6.45, 7) is 3.72. The molecule has 0 atom stereocenters. The molecule has 0 saturated carbocycles. The monoisotopic (exact) mass is 414 g/mol. The SMILES string of the molecule is CC(=O)Oc1ccccc1C(=O)NCCc1sc(-c2ccc(Cl)cc2)nc1C. The number of ether oxygens (including phenoxy) is 1. The van der Waals surface area contributed by atoms with Gasteiger partial charge in [-0.15, -0.1) is 11.3 Å². The first kappa shape index (κ1) is 20.0. The molecule has 144 valence electrons. The third kappa shape index (κ3) is 4.97. The van der Waals surface area contributed by atoms with Crippen LogP contribution in [-0.4, -0.2) is 23.4 Å². The first-order valence-electron chi connectivity index (χ1n) is 8.72. The van der Waals surface area contributed by atoms with Gasteiger partial charge >= 0.3 is 5.97 Å². The Morgan fingerprint density at radius 1 is 1.14 bits per heavy atom. The number of esters is 1. The Kier molecular flexibility index (Phi) is 6.44. The Labute approximate surface area is 172 Å². The standard InChI is InChI=1S/C21H19ClN2O3S/c1-13-19(28-21(24-13)15-7-9-16(22)10-8-15)11-12-23-20(26)17-5-3-4-6-18(17)27-14(2)25/h3-10H,11-12H2,1-2H3,(H,23,26). The minimum absolute atomic E-state index is 0.256. The molecule has 1 amide bonds. The van der Waals surface area contributed by atoms with Gasteiger partial charge < -0.3 is 10.1 Å². The van der Waals surface area contributed by atoms with Crippen LogP contribution in [0.4, 0.5) is 0 Å². The van der Waals surface area contributed by atoms with Crippen LogP contribution in [0.3, 0.4) is 0 Å². The summed E-state index contributed by atoms with van der Waals surface area (Å²) in [6.07, 6.45) is 0.665. The van der Waals surface area contributed by atoms with Crippen molar-refractivity contribution in [3.63, 3.8) is 0 Å². The number of carbonyl (C=O) groups excluding carboxylic acids is 2. The third-order valence-corrected chi connectivity index (χ3v) is 5.53. The van der Waals surface area contributed by atoms with Crippen LogP contribution in [0.15, 0.2) is 48.5 Å². The number of hydrogen-bond acceptors (Lipinski definition) is 5. The van der Waals surface area contributed by atoms with E-state index in [1.165, 1.54) is 6.92 Å². The Balaban J connectivity index is 1.63. The summed E-state index contributed by atoms with van der Waals surface area (Å²) >= 11 is 7.54. The number of nitrogens with one attached hydrogen (secondary N) is 1. The number of hydrogen-bond donors (Lipinski definition) is 1. The van der Waals surface area contributed by atoms with E-state index in [0.29, 0.717) is 23.6 Å². The minimum Gasteiger partial charge on any atom is -0.426 e. The molecule has 0 saturated heterocycles. The number of aromatic nitrogens is 1. The zero-order chi connectivity index (χ0) is 20.1. The summed E-state index contributed by atoms with van der Waals surface area (Å²) in [6, 6.07) is 14.2. The molecule has 5 nitrogen and oxygen atoms in total. The quantitative estimate of drug-likeness (QED) is 0.470. The molecular weight excluding hydrogens is 396 g/mol. The van der Waals surface area contributed by atoms with E-state index in [-0.39, 0.29) is 11.7 Å².